The molecule has 1 atom stereocenters. The van der Waals surface area contributed by atoms with Crippen LogP contribution in [0, 0.1) is 5.41 Å². The van der Waals surface area contributed by atoms with Crippen molar-refractivity contribution >= 4 is 11.9 Å². The molecule has 110 valence electrons. The summed E-state index contributed by atoms with van der Waals surface area (Å²) in [6, 6.07) is 1.67. The summed E-state index contributed by atoms with van der Waals surface area (Å²) in [7, 11) is 0. The van der Waals surface area contributed by atoms with Crippen molar-refractivity contribution in [2.75, 3.05) is 13.1 Å². The van der Waals surface area contributed by atoms with Gasteiger partial charge in [0.1, 0.15) is 5.76 Å². The van der Waals surface area contributed by atoms with Crippen molar-refractivity contribution in [2.24, 2.45) is 5.41 Å². The minimum absolute atomic E-state index is 0.116. The predicted molar refractivity (Wildman–Crippen MR) is 73.6 cm³/mol. The number of aliphatic carboxylic acids is 1. The molecule has 2 heterocycles. The lowest BCUT2D eigenvalue weighted by atomic mass is 9.77. The van der Waals surface area contributed by atoms with Crippen molar-refractivity contribution in [1.82, 2.24) is 4.90 Å². The number of hydrogen-bond acceptors (Lipinski definition) is 3. The summed E-state index contributed by atoms with van der Waals surface area (Å²) in [6.07, 6.45) is 4.07. The molecule has 1 aromatic rings. The van der Waals surface area contributed by atoms with Gasteiger partial charge in [0.25, 0.3) is 5.91 Å². The standard InChI is InChI=1S/C15H21NO4/c1-3-12-11(6-9-20-12)13(17)16-8-5-7-15(4-2,10-16)14(18)19/h6,9H,3-5,7-8,10H2,1-2H3,(H,18,19). The Balaban J connectivity index is 2.21. The fourth-order valence-electron chi connectivity index (χ4n) is 2.89. The zero-order valence-electron chi connectivity index (χ0n) is 12.0. The summed E-state index contributed by atoms with van der Waals surface area (Å²) in [4.78, 5) is 25.7. The number of carboxylic acids is 1. The van der Waals surface area contributed by atoms with Crippen LogP contribution < -0.4 is 0 Å². The van der Waals surface area contributed by atoms with Crippen molar-refractivity contribution < 1.29 is 19.1 Å². The van der Waals surface area contributed by atoms with Crippen molar-refractivity contribution in [3.8, 4) is 0 Å². The molecule has 1 saturated heterocycles. The van der Waals surface area contributed by atoms with Crippen molar-refractivity contribution in [1.29, 1.82) is 0 Å². The summed E-state index contributed by atoms with van der Waals surface area (Å²) < 4.78 is 5.29. The number of carboxylic acid groups (broad SMARTS) is 1. The third-order valence-corrected chi connectivity index (χ3v) is 4.29. The number of nitrogens with zero attached hydrogens (tertiary/aromatic N) is 1. The van der Waals surface area contributed by atoms with Gasteiger partial charge < -0.3 is 14.4 Å². The van der Waals surface area contributed by atoms with Crippen LogP contribution in [0.4, 0.5) is 0 Å². The van der Waals surface area contributed by atoms with Crippen LogP contribution in [-0.4, -0.2) is 35.0 Å². The van der Waals surface area contributed by atoms with Crippen molar-refractivity contribution in [3.05, 3.63) is 23.7 Å². The summed E-state index contributed by atoms with van der Waals surface area (Å²) >= 11 is 0. The lowest BCUT2D eigenvalue weighted by Crippen LogP contribution is -2.49. The average molecular weight is 279 g/mol. The molecule has 1 amide bonds. The molecule has 0 bridgehead atoms. The monoisotopic (exact) mass is 279 g/mol. The number of furan rings is 1. The van der Waals surface area contributed by atoms with E-state index in [9.17, 15) is 14.7 Å². The van der Waals surface area contributed by atoms with Gasteiger partial charge in [-0.15, -0.1) is 0 Å². The van der Waals surface area contributed by atoms with E-state index < -0.39 is 11.4 Å². The van der Waals surface area contributed by atoms with Gasteiger partial charge in [-0.1, -0.05) is 13.8 Å². The molecule has 1 aliphatic heterocycles. The van der Waals surface area contributed by atoms with Crippen LogP contribution in [0.25, 0.3) is 0 Å². The smallest absolute Gasteiger partial charge is 0.311 e. The van der Waals surface area contributed by atoms with Crippen LogP contribution in [0.5, 0.6) is 0 Å². The molecule has 0 radical (unpaired) electrons. The Bertz CT molecular complexity index is 508. The number of rotatable bonds is 4. The van der Waals surface area contributed by atoms with Crippen molar-refractivity contribution in [3.63, 3.8) is 0 Å². The van der Waals surface area contributed by atoms with Crippen molar-refractivity contribution in [2.45, 2.75) is 39.5 Å². The van der Waals surface area contributed by atoms with E-state index in [2.05, 4.69) is 0 Å². The molecule has 0 spiro atoms. The number of likely N-dealkylation sites (tertiary alicyclic amines) is 1. The number of hydrogen-bond donors (Lipinski definition) is 1. The molecule has 0 aromatic carbocycles. The molecule has 1 aromatic heterocycles. The molecule has 1 N–H and O–H groups in total. The van der Waals surface area contributed by atoms with E-state index in [1.165, 1.54) is 6.26 Å². The normalized spacial score (nSPS) is 22.8. The number of amides is 1. The molecule has 2 rings (SSSR count). The second-order valence-corrected chi connectivity index (χ2v) is 5.38. The van der Waals surface area contributed by atoms with Gasteiger partial charge in [-0.05, 0) is 25.3 Å². The molecule has 5 nitrogen and oxygen atoms in total. The Morgan fingerprint density at radius 3 is 2.80 bits per heavy atom. The first kappa shape index (κ1) is 14.6. The minimum atomic E-state index is -0.805. The highest BCUT2D eigenvalue weighted by molar-refractivity contribution is 5.95. The third kappa shape index (κ3) is 2.44. The van der Waals surface area contributed by atoms with E-state index in [0.717, 1.165) is 6.42 Å². The fraction of sp³-hybridized carbons (Fsp3) is 0.600. The first-order valence-corrected chi connectivity index (χ1v) is 7.13. The second-order valence-electron chi connectivity index (χ2n) is 5.38. The van der Waals surface area contributed by atoms with Crippen LogP contribution in [0.15, 0.2) is 16.7 Å². The van der Waals surface area contributed by atoms with E-state index in [0.29, 0.717) is 37.1 Å². The predicted octanol–water partition coefficient (Wildman–Crippen LogP) is 2.56. The zero-order chi connectivity index (χ0) is 14.8. The highest BCUT2D eigenvalue weighted by Gasteiger charge is 2.42. The van der Waals surface area contributed by atoms with Crippen LogP contribution in [-0.2, 0) is 11.2 Å². The Kier molecular flexibility index (Phi) is 4.16. The van der Waals surface area contributed by atoms with E-state index in [-0.39, 0.29) is 12.5 Å². The highest BCUT2D eigenvalue weighted by atomic mass is 16.4. The third-order valence-electron chi connectivity index (χ3n) is 4.29. The molecular formula is C15H21NO4. The van der Waals surface area contributed by atoms with Gasteiger partial charge >= 0.3 is 5.97 Å². The molecule has 5 heteroatoms. The molecule has 1 aliphatic rings. The average Bonchev–Trinajstić information content (AvgIpc) is 2.94. The lowest BCUT2D eigenvalue weighted by Gasteiger charge is -2.39. The van der Waals surface area contributed by atoms with E-state index >= 15 is 0 Å². The van der Waals surface area contributed by atoms with Gasteiger partial charge in [-0.2, -0.15) is 0 Å². The lowest BCUT2D eigenvalue weighted by molar-refractivity contribution is -0.152. The van der Waals surface area contributed by atoms with Crippen LogP contribution in [0.3, 0.4) is 0 Å². The number of carbonyl (C=O) groups is 2. The van der Waals surface area contributed by atoms with Crippen LogP contribution in [0.1, 0.15) is 49.2 Å². The first-order chi connectivity index (χ1) is 9.54. The molecule has 0 saturated carbocycles. The zero-order valence-corrected chi connectivity index (χ0v) is 12.0. The van der Waals surface area contributed by atoms with E-state index in [4.69, 9.17) is 4.42 Å². The summed E-state index contributed by atoms with van der Waals surface area (Å²) in [5, 5.41) is 9.46. The Morgan fingerprint density at radius 1 is 1.45 bits per heavy atom. The number of carbonyl (C=O) groups excluding carboxylic acids is 1. The number of piperidine rings is 1. The largest absolute Gasteiger partial charge is 0.481 e. The quantitative estimate of drug-likeness (QED) is 0.919. The molecule has 1 unspecified atom stereocenters. The van der Waals surface area contributed by atoms with Crippen LogP contribution >= 0.6 is 0 Å². The van der Waals surface area contributed by atoms with Gasteiger partial charge in [0.05, 0.1) is 17.2 Å². The topological polar surface area (TPSA) is 70.8 Å². The second kappa shape index (κ2) is 5.69. The van der Waals surface area contributed by atoms with Gasteiger partial charge in [-0.3, -0.25) is 9.59 Å². The first-order valence-electron chi connectivity index (χ1n) is 7.13. The number of aryl methyl sites for hydroxylation is 1. The maximum atomic E-state index is 12.5. The van der Waals surface area contributed by atoms with Gasteiger partial charge in [0, 0.05) is 19.5 Å². The van der Waals surface area contributed by atoms with Gasteiger partial charge in [0.2, 0.25) is 0 Å². The van der Waals surface area contributed by atoms with Crippen LogP contribution in [0.2, 0.25) is 0 Å². The van der Waals surface area contributed by atoms with Gasteiger partial charge in [-0.25, -0.2) is 0 Å². The maximum absolute atomic E-state index is 12.5. The molecular weight excluding hydrogens is 258 g/mol. The Hall–Kier alpha value is -1.78. The fourth-order valence-corrected chi connectivity index (χ4v) is 2.89. The van der Waals surface area contributed by atoms with E-state index in [1.807, 2.05) is 13.8 Å². The molecule has 1 fully saturated rings. The summed E-state index contributed by atoms with van der Waals surface area (Å²) in [5.41, 5.74) is -0.242. The summed E-state index contributed by atoms with van der Waals surface area (Å²) in [5.74, 6) is -0.257. The minimum Gasteiger partial charge on any atom is -0.481 e. The highest BCUT2D eigenvalue weighted by Crippen LogP contribution is 2.34. The Labute approximate surface area is 118 Å². The van der Waals surface area contributed by atoms with Gasteiger partial charge in [0.15, 0.2) is 0 Å². The molecule has 0 aliphatic carbocycles. The molecule has 20 heavy (non-hydrogen) atoms. The van der Waals surface area contributed by atoms with E-state index in [1.54, 1.807) is 11.0 Å². The summed E-state index contributed by atoms with van der Waals surface area (Å²) in [6.45, 7) is 4.70. The SMILES string of the molecule is CCc1occc1C(=O)N1CCCC(CC)(C(=O)O)C1. The maximum Gasteiger partial charge on any atom is 0.311 e. The Morgan fingerprint density at radius 2 is 2.20 bits per heavy atom.